The average Bonchev–Trinajstić information content (AvgIpc) is 2.20. The molecule has 1 rings (SSSR count). The second kappa shape index (κ2) is 4.32. The van der Waals surface area contributed by atoms with Crippen molar-refractivity contribution in [1.29, 1.82) is 0 Å². The minimum absolute atomic E-state index is 0.448. The molecule has 0 spiro atoms. The maximum Gasteiger partial charge on any atom is 0.276 e. The Kier molecular flexibility index (Phi) is 3.10. The predicted molar refractivity (Wildman–Crippen MR) is 44.9 cm³/mol. The summed E-state index contributed by atoms with van der Waals surface area (Å²) < 4.78 is 0. The molecule has 0 aliphatic rings. The lowest BCUT2D eigenvalue weighted by Gasteiger charge is -2.05. The standard InChI is InChI=1S/C8H8N2O3/c11-8(10-13)7(9-12)6-4-2-1-3-5-6/h1-5,7,13H,(H,10,11). The molecular weight excluding hydrogens is 172 g/mol. The molecule has 0 fully saturated rings. The minimum atomic E-state index is -1.19. The molecule has 0 aliphatic heterocycles. The molecule has 0 saturated heterocycles. The van der Waals surface area contributed by atoms with Crippen molar-refractivity contribution in [3.05, 3.63) is 40.8 Å². The summed E-state index contributed by atoms with van der Waals surface area (Å²) in [5, 5.41) is 10.9. The fourth-order valence-electron chi connectivity index (χ4n) is 0.957. The van der Waals surface area contributed by atoms with Crippen LogP contribution < -0.4 is 5.48 Å². The number of nitrogens with zero attached hydrogens (tertiary/aromatic N) is 1. The fraction of sp³-hybridized carbons (Fsp3) is 0.125. The lowest BCUT2D eigenvalue weighted by atomic mass is 10.1. The monoisotopic (exact) mass is 180 g/mol. The molecule has 0 radical (unpaired) electrons. The SMILES string of the molecule is O=NC(C(=O)NO)c1ccccc1. The lowest BCUT2D eigenvalue weighted by Crippen LogP contribution is -2.24. The maximum absolute atomic E-state index is 10.9. The van der Waals surface area contributed by atoms with Gasteiger partial charge in [-0.1, -0.05) is 35.5 Å². The van der Waals surface area contributed by atoms with Gasteiger partial charge < -0.3 is 0 Å². The van der Waals surface area contributed by atoms with E-state index in [0.717, 1.165) is 0 Å². The van der Waals surface area contributed by atoms with E-state index < -0.39 is 11.9 Å². The van der Waals surface area contributed by atoms with Crippen LogP contribution in [0.1, 0.15) is 11.6 Å². The molecule has 13 heavy (non-hydrogen) atoms. The molecule has 1 amide bonds. The molecule has 1 aromatic rings. The first-order valence-electron chi connectivity index (χ1n) is 3.61. The summed E-state index contributed by atoms with van der Waals surface area (Å²) in [5.41, 5.74) is 1.83. The lowest BCUT2D eigenvalue weighted by molar-refractivity contribution is -0.130. The van der Waals surface area contributed by atoms with Crippen molar-refractivity contribution >= 4 is 5.91 Å². The number of hydrogen-bond donors (Lipinski definition) is 2. The molecule has 0 aliphatic carbocycles. The van der Waals surface area contributed by atoms with Crippen molar-refractivity contribution in [3.8, 4) is 0 Å². The largest absolute Gasteiger partial charge is 0.289 e. The van der Waals surface area contributed by atoms with Crippen molar-refractivity contribution in [1.82, 2.24) is 5.48 Å². The first-order chi connectivity index (χ1) is 6.29. The number of nitroso groups, excluding NO2 is 1. The van der Waals surface area contributed by atoms with Crippen LogP contribution in [-0.2, 0) is 4.79 Å². The Morgan fingerprint density at radius 2 is 2.00 bits per heavy atom. The molecular formula is C8H8N2O3. The van der Waals surface area contributed by atoms with Crippen molar-refractivity contribution in [3.63, 3.8) is 0 Å². The van der Waals surface area contributed by atoms with E-state index in [1.165, 1.54) is 5.48 Å². The third-order valence-electron chi connectivity index (χ3n) is 1.58. The molecule has 68 valence electrons. The van der Waals surface area contributed by atoms with Gasteiger partial charge in [0.1, 0.15) is 0 Å². The summed E-state index contributed by atoms with van der Waals surface area (Å²) in [6, 6.07) is 7.09. The molecule has 1 unspecified atom stereocenters. The van der Waals surface area contributed by atoms with Gasteiger partial charge in [0.15, 0.2) is 6.04 Å². The van der Waals surface area contributed by atoms with E-state index in [1.54, 1.807) is 30.3 Å². The Bertz CT molecular complexity index is 300. The van der Waals surface area contributed by atoms with Crippen LogP contribution in [0.2, 0.25) is 0 Å². The van der Waals surface area contributed by atoms with Crippen LogP contribution in [-0.4, -0.2) is 11.1 Å². The van der Waals surface area contributed by atoms with Crippen molar-refractivity contribution < 1.29 is 10.0 Å². The minimum Gasteiger partial charge on any atom is -0.289 e. The number of nitrogens with one attached hydrogen (secondary N) is 1. The number of carbonyl (C=O) groups excluding carboxylic acids is 1. The van der Waals surface area contributed by atoms with Crippen LogP contribution >= 0.6 is 0 Å². The van der Waals surface area contributed by atoms with Crippen molar-refractivity contribution in [2.45, 2.75) is 6.04 Å². The van der Waals surface area contributed by atoms with E-state index >= 15 is 0 Å². The Morgan fingerprint density at radius 3 is 2.46 bits per heavy atom. The van der Waals surface area contributed by atoms with Gasteiger partial charge in [0.05, 0.1) is 0 Å². The topological polar surface area (TPSA) is 78.8 Å². The van der Waals surface area contributed by atoms with E-state index in [2.05, 4.69) is 5.18 Å². The van der Waals surface area contributed by atoms with Crippen LogP contribution in [0.5, 0.6) is 0 Å². The molecule has 1 atom stereocenters. The average molecular weight is 180 g/mol. The van der Waals surface area contributed by atoms with E-state index in [-0.39, 0.29) is 0 Å². The summed E-state index contributed by atoms with van der Waals surface area (Å²) in [5.74, 6) is -0.832. The van der Waals surface area contributed by atoms with Crippen LogP contribution in [0.15, 0.2) is 35.5 Å². The van der Waals surface area contributed by atoms with Gasteiger partial charge in [-0.25, -0.2) is 5.48 Å². The Hall–Kier alpha value is -1.75. The normalized spacial score (nSPS) is 11.8. The summed E-state index contributed by atoms with van der Waals surface area (Å²) in [6.45, 7) is 0. The summed E-state index contributed by atoms with van der Waals surface area (Å²) >= 11 is 0. The van der Waals surface area contributed by atoms with E-state index in [4.69, 9.17) is 5.21 Å². The van der Waals surface area contributed by atoms with E-state index in [1.807, 2.05) is 0 Å². The van der Waals surface area contributed by atoms with Crippen LogP contribution in [0, 0.1) is 4.91 Å². The zero-order valence-electron chi connectivity index (χ0n) is 6.68. The molecule has 5 nitrogen and oxygen atoms in total. The Balaban J connectivity index is 2.91. The molecule has 0 heterocycles. The van der Waals surface area contributed by atoms with Gasteiger partial charge in [-0.05, 0) is 5.56 Å². The highest BCUT2D eigenvalue weighted by Crippen LogP contribution is 2.16. The third kappa shape index (κ3) is 2.09. The maximum atomic E-state index is 10.9. The van der Waals surface area contributed by atoms with Crippen LogP contribution in [0.4, 0.5) is 0 Å². The second-order valence-corrected chi connectivity index (χ2v) is 2.39. The molecule has 1 aromatic carbocycles. The number of hydrogen-bond acceptors (Lipinski definition) is 4. The zero-order chi connectivity index (χ0) is 9.68. The summed E-state index contributed by atoms with van der Waals surface area (Å²) in [4.78, 5) is 21.2. The molecule has 0 saturated carbocycles. The van der Waals surface area contributed by atoms with Gasteiger partial charge in [0.2, 0.25) is 0 Å². The number of carbonyl (C=O) groups is 1. The fourth-order valence-corrected chi connectivity index (χ4v) is 0.957. The van der Waals surface area contributed by atoms with E-state index in [0.29, 0.717) is 5.56 Å². The third-order valence-corrected chi connectivity index (χ3v) is 1.58. The molecule has 2 N–H and O–H groups in total. The Morgan fingerprint density at radius 1 is 1.38 bits per heavy atom. The van der Waals surface area contributed by atoms with Gasteiger partial charge in [-0.3, -0.25) is 10.0 Å². The van der Waals surface area contributed by atoms with E-state index in [9.17, 15) is 9.70 Å². The highest BCUT2D eigenvalue weighted by Gasteiger charge is 2.20. The number of rotatable bonds is 3. The van der Waals surface area contributed by atoms with Crippen molar-refractivity contribution in [2.24, 2.45) is 5.18 Å². The predicted octanol–water partition coefficient (Wildman–Crippen LogP) is 1.000. The van der Waals surface area contributed by atoms with Gasteiger partial charge in [-0.2, -0.15) is 0 Å². The zero-order valence-corrected chi connectivity index (χ0v) is 6.68. The molecule has 5 heteroatoms. The quantitative estimate of drug-likeness (QED) is 0.413. The van der Waals surface area contributed by atoms with Gasteiger partial charge in [0.25, 0.3) is 5.91 Å². The number of amides is 1. The molecule has 0 aromatic heterocycles. The first kappa shape index (κ1) is 9.34. The van der Waals surface area contributed by atoms with Gasteiger partial charge in [-0.15, -0.1) is 4.91 Å². The Labute approximate surface area is 74.3 Å². The molecule has 0 bridgehead atoms. The van der Waals surface area contributed by atoms with Crippen molar-refractivity contribution in [2.75, 3.05) is 0 Å². The number of benzene rings is 1. The smallest absolute Gasteiger partial charge is 0.276 e. The first-order valence-corrected chi connectivity index (χ1v) is 3.61. The van der Waals surface area contributed by atoms with Gasteiger partial charge >= 0.3 is 0 Å². The highest BCUT2D eigenvalue weighted by molar-refractivity contribution is 5.82. The summed E-state index contributed by atoms with van der Waals surface area (Å²) in [6.07, 6.45) is 0. The summed E-state index contributed by atoms with van der Waals surface area (Å²) in [7, 11) is 0. The van der Waals surface area contributed by atoms with Gasteiger partial charge in [0, 0.05) is 0 Å². The highest BCUT2D eigenvalue weighted by atomic mass is 16.5. The number of hydroxylamine groups is 1. The van der Waals surface area contributed by atoms with Crippen LogP contribution in [0.25, 0.3) is 0 Å². The second-order valence-electron chi connectivity index (χ2n) is 2.39. The van der Waals surface area contributed by atoms with Crippen LogP contribution in [0.3, 0.4) is 0 Å².